The molecule has 3 aromatic rings. The molecule has 4 heteroatoms. The molecule has 1 N–H and O–H groups in total. The lowest BCUT2D eigenvalue weighted by molar-refractivity contribution is 0.305. The molecule has 0 radical (unpaired) electrons. The summed E-state index contributed by atoms with van der Waals surface area (Å²) in [5, 5.41) is 8.74. The molecule has 21 heavy (non-hydrogen) atoms. The van der Waals surface area contributed by atoms with Crippen LogP contribution in [0.1, 0.15) is 22.0 Å². The molecule has 0 spiro atoms. The molecule has 0 saturated heterocycles. The molecule has 106 valence electrons. The Morgan fingerprint density at radius 1 is 1.24 bits per heavy atom. The third-order valence-electron chi connectivity index (χ3n) is 3.27. The fourth-order valence-corrected chi connectivity index (χ4v) is 3.16. The third kappa shape index (κ3) is 2.99. The van der Waals surface area contributed by atoms with Gasteiger partial charge in [-0.15, -0.1) is 11.3 Å². The monoisotopic (exact) mass is 296 g/mol. The van der Waals surface area contributed by atoms with E-state index >= 15 is 0 Å². The fraction of sp³-hybridized carbons (Fsp3) is 0.235. The van der Waals surface area contributed by atoms with Crippen LogP contribution in [-0.4, -0.2) is 21.3 Å². The summed E-state index contributed by atoms with van der Waals surface area (Å²) >= 11 is 1.69. The molecule has 0 aliphatic heterocycles. The zero-order valence-corrected chi connectivity index (χ0v) is 12.7. The van der Waals surface area contributed by atoms with Crippen molar-refractivity contribution in [1.29, 1.82) is 0 Å². The van der Waals surface area contributed by atoms with Gasteiger partial charge in [-0.2, -0.15) is 0 Å². The van der Waals surface area contributed by atoms with Crippen LogP contribution >= 0.6 is 11.3 Å². The summed E-state index contributed by atoms with van der Waals surface area (Å²) < 4.78 is 2.23. The maximum Gasteiger partial charge on any atom is 0.107 e. The molecule has 0 amide bonds. The van der Waals surface area contributed by atoms with E-state index in [1.807, 2.05) is 31.2 Å². The van der Waals surface area contributed by atoms with Gasteiger partial charge in [0, 0.05) is 11.3 Å². The lowest BCUT2D eigenvalue weighted by Crippen LogP contribution is -1.99. The Morgan fingerprint density at radius 3 is 2.95 bits per heavy atom. The molecule has 0 fully saturated rings. The van der Waals surface area contributed by atoms with Crippen molar-refractivity contribution in [3.8, 4) is 11.8 Å². The first kappa shape index (κ1) is 13.9. The SMILES string of the molecule is Cc1nc2ccccc2n1Cc1ccc(C#CCCO)s1. The first-order valence-electron chi connectivity index (χ1n) is 6.88. The molecule has 0 saturated carbocycles. The summed E-state index contributed by atoms with van der Waals surface area (Å²) in [5.74, 6) is 7.06. The number of aryl methyl sites for hydroxylation is 1. The number of aliphatic hydroxyl groups excluding tert-OH is 1. The van der Waals surface area contributed by atoms with Gasteiger partial charge < -0.3 is 9.67 Å². The van der Waals surface area contributed by atoms with Crippen molar-refractivity contribution in [2.45, 2.75) is 19.9 Å². The zero-order valence-electron chi connectivity index (χ0n) is 11.8. The highest BCUT2D eigenvalue weighted by atomic mass is 32.1. The minimum absolute atomic E-state index is 0.117. The number of thiophene rings is 1. The molecule has 0 unspecified atom stereocenters. The Kier molecular flexibility index (Phi) is 4.05. The smallest absolute Gasteiger partial charge is 0.107 e. The van der Waals surface area contributed by atoms with E-state index in [0.717, 1.165) is 28.3 Å². The number of aliphatic hydroxyl groups is 1. The second kappa shape index (κ2) is 6.13. The molecule has 1 aromatic carbocycles. The van der Waals surface area contributed by atoms with Crippen molar-refractivity contribution in [2.75, 3.05) is 6.61 Å². The molecule has 2 aromatic heterocycles. The van der Waals surface area contributed by atoms with Crippen molar-refractivity contribution < 1.29 is 5.11 Å². The number of imidazole rings is 1. The first-order chi connectivity index (χ1) is 10.3. The highest BCUT2D eigenvalue weighted by Crippen LogP contribution is 2.21. The highest BCUT2D eigenvalue weighted by Gasteiger charge is 2.08. The molecule has 0 bridgehead atoms. The van der Waals surface area contributed by atoms with Crippen molar-refractivity contribution in [1.82, 2.24) is 9.55 Å². The fourth-order valence-electron chi connectivity index (χ4n) is 2.29. The van der Waals surface area contributed by atoms with Gasteiger partial charge in [0.2, 0.25) is 0 Å². The molecular formula is C17H16N2OS. The van der Waals surface area contributed by atoms with Gasteiger partial charge in [0.05, 0.1) is 29.1 Å². The van der Waals surface area contributed by atoms with Gasteiger partial charge in [-0.05, 0) is 31.2 Å². The van der Waals surface area contributed by atoms with Crippen molar-refractivity contribution in [3.05, 3.63) is 52.0 Å². The molecule has 0 atom stereocenters. The predicted molar refractivity (Wildman–Crippen MR) is 86.5 cm³/mol. The van der Waals surface area contributed by atoms with Gasteiger partial charge >= 0.3 is 0 Å². The van der Waals surface area contributed by atoms with Crippen molar-refractivity contribution in [3.63, 3.8) is 0 Å². The standard InChI is InChI=1S/C17H16N2OS/c1-13-18-16-7-2-3-8-17(16)19(13)12-15-10-9-14(21-15)6-4-5-11-20/h2-3,7-10,20H,5,11-12H2,1H3. The van der Waals surface area contributed by atoms with Crippen LogP contribution in [0.25, 0.3) is 11.0 Å². The van der Waals surface area contributed by atoms with E-state index < -0.39 is 0 Å². The maximum absolute atomic E-state index is 8.74. The lowest BCUT2D eigenvalue weighted by atomic mass is 10.3. The van der Waals surface area contributed by atoms with E-state index in [0.29, 0.717) is 6.42 Å². The number of aromatic nitrogens is 2. The van der Waals surface area contributed by atoms with Crippen LogP contribution in [0.2, 0.25) is 0 Å². The van der Waals surface area contributed by atoms with Crippen LogP contribution in [0, 0.1) is 18.8 Å². The van der Waals surface area contributed by atoms with E-state index in [-0.39, 0.29) is 6.61 Å². The quantitative estimate of drug-likeness (QED) is 0.754. The lowest BCUT2D eigenvalue weighted by Gasteiger charge is -2.04. The minimum atomic E-state index is 0.117. The Bertz CT molecular complexity index is 820. The number of fused-ring (bicyclic) bond motifs is 1. The summed E-state index contributed by atoms with van der Waals surface area (Å²) in [5.41, 5.74) is 2.20. The number of rotatable bonds is 3. The normalized spacial score (nSPS) is 10.6. The summed E-state index contributed by atoms with van der Waals surface area (Å²) in [6.07, 6.45) is 0.526. The van der Waals surface area contributed by atoms with Gasteiger partial charge in [-0.1, -0.05) is 24.0 Å². The summed E-state index contributed by atoms with van der Waals surface area (Å²) in [7, 11) is 0. The van der Waals surface area contributed by atoms with E-state index in [1.165, 1.54) is 4.88 Å². The molecule has 2 heterocycles. The summed E-state index contributed by atoms with van der Waals surface area (Å²) in [4.78, 5) is 6.89. The average Bonchev–Trinajstić information content (AvgIpc) is 3.05. The van der Waals surface area contributed by atoms with Gasteiger partial charge in [0.1, 0.15) is 5.82 Å². The van der Waals surface area contributed by atoms with Crippen LogP contribution in [0.3, 0.4) is 0 Å². The topological polar surface area (TPSA) is 38.0 Å². The minimum Gasteiger partial charge on any atom is -0.395 e. The maximum atomic E-state index is 8.74. The second-order valence-electron chi connectivity index (χ2n) is 4.78. The van der Waals surface area contributed by atoms with E-state index in [2.05, 4.69) is 33.5 Å². The zero-order chi connectivity index (χ0) is 14.7. The van der Waals surface area contributed by atoms with Gasteiger partial charge in [0.25, 0.3) is 0 Å². The largest absolute Gasteiger partial charge is 0.395 e. The van der Waals surface area contributed by atoms with E-state index in [9.17, 15) is 0 Å². The van der Waals surface area contributed by atoms with Crippen LogP contribution < -0.4 is 0 Å². The first-order valence-corrected chi connectivity index (χ1v) is 7.70. The van der Waals surface area contributed by atoms with Crippen LogP contribution in [-0.2, 0) is 6.54 Å². The highest BCUT2D eigenvalue weighted by molar-refractivity contribution is 7.12. The number of hydrogen-bond acceptors (Lipinski definition) is 3. The Hall–Kier alpha value is -2.09. The third-order valence-corrected chi connectivity index (χ3v) is 4.25. The van der Waals surface area contributed by atoms with Gasteiger partial charge in [-0.3, -0.25) is 0 Å². The number of nitrogens with zero attached hydrogens (tertiary/aromatic N) is 2. The summed E-state index contributed by atoms with van der Waals surface area (Å²) in [6, 6.07) is 12.4. The van der Waals surface area contributed by atoms with Crippen molar-refractivity contribution >= 4 is 22.4 Å². The van der Waals surface area contributed by atoms with E-state index in [1.54, 1.807) is 11.3 Å². The predicted octanol–water partition coefficient (Wildman–Crippen LogP) is 3.19. The number of benzene rings is 1. The molecular weight excluding hydrogens is 280 g/mol. The number of hydrogen-bond donors (Lipinski definition) is 1. The Balaban J connectivity index is 1.86. The van der Waals surface area contributed by atoms with Crippen LogP contribution in [0.4, 0.5) is 0 Å². The van der Waals surface area contributed by atoms with Gasteiger partial charge in [0.15, 0.2) is 0 Å². The summed E-state index contributed by atoms with van der Waals surface area (Å²) in [6.45, 7) is 2.97. The average molecular weight is 296 g/mol. The molecule has 3 nitrogen and oxygen atoms in total. The van der Waals surface area contributed by atoms with Crippen LogP contribution in [0.5, 0.6) is 0 Å². The van der Waals surface area contributed by atoms with Gasteiger partial charge in [-0.25, -0.2) is 4.98 Å². The Morgan fingerprint density at radius 2 is 2.10 bits per heavy atom. The molecule has 3 rings (SSSR count). The van der Waals surface area contributed by atoms with E-state index in [4.69, 9.17) is 5.11 Å². The Labute approximate surface area is 127 Å². The van der Waals surface area contributed by atoms with Crippen LogP contribution in [0.15, 0.2) is 36.4 Å². The van der Waals surface area contributed by atoms with Crippen molar-refractivity contribution in [2.24, 2.45) is 0 Å². The molecule has 0 aliphatic carbocycles. The number of para-hydroxylation sites is 2. The molecule has 0 aliphatic rings. The second-order valence-corrected chi connectivity index (χ2v) is 5.94.